The Balaban J connectivity index is 1.68. The second-order valence-electron chi connectivity index (χ2n) is 5.48. The van der Waals surface area contributed by atoms with Gasteiger partial charge in [0.05, 0.1) is 5.75 Å². The molecule has 2 heterocycles. The molecule has 0 spiro atoms. The highest BCUT2D eigenvalue weighted by molar-refractivity contribution is 7.99. The zero-order valence-corrected chi connectivity index (χ0v) is 14.8. The summed E-state index contributed by atoms with van der Waals surface area (Å²) >= 11 is 1.27. The molecule has 0 radical (unpaired) electrons. The Hall–Kier alpha value is -2.34. The van der Waals surface area contributed by atoms with Crippen LogP contribution in [0.15, 0.2) is 46.0 Å². The Bertz CT molecular complexity index is 853. The minimum atomic E-state index is 0.0762. The molecule has 124 valence electrons. The van der Waals surface area contributed by atoms with Gasteiger partial charge in [-0.2, -0.15) is 0 Å². The Kier molecular flexibility index (Phi) is 4.85. The number of Topliss-reactive ketones (excluding diaryl/α,β-unsaturated/α-hetero) is 1. The van der Waals surface area contributed by atoms with Crippen molar-refractivity contribution in [1.29, 1.82) is 0 Å². The van der Waals surface area contributed by atoms with Gasteiger partial charge in [-0.1, -0.05) is 30.0 Å². The first kappa shape index (κ1) is 16.5. The molecule has 0 aliphatic carbocycles. The van der Waals surface area contributed by atoms with E-state index in [9.17, 15) is 4.79 Å². The van der Waals surface area contributed by atoms with E-state index in [-0.39, 0.29) is 11.5 Å². The summed E-state index contributed by atoms with van der Waals surface area (Å²) in [7, 11) is 0. The first-order chi connectivity index (χ1) is 11.6. The molecule has 5 nitrogen and oxygen atoms in total. The normalized spacial score (nSPS) is 11.0. The Morgan fingerprint density at radius 2 is 1.96 bits per heavy atom. The van der Waals surface area contributed by atoms with Crippen LogP contribution in [0.3, 0.4) is 0 Å². The third-order valence-electron chi connectivity index (χ3n) is 3.94. The molecular formula is C18H19N3O2S. The summed E-state index contributed by atoms with van der Waals surface area (Å²) in [5.41, 5.74) is 3.75. The summed E-state index contributed by atoms with van der Waals surface area (Å²) in [6.45, 7) is 6.94. The van der Waals surface area contributed by atoms with Gasteiger partial charge in [-0.05, 0) is 39.0 Å². The summed E-state index contributed by atoms with van der Waals surface area (Å²) in [6.07, 6.45) is 0. The Morgan fingerprint density at radius 1 is 1.21 bits per heavy atom. The van der Waals surface area contributed by atoms with E-state index < -0.39 is 0 Å². The Labute approximate surface area is 145 Å². The molecule has 2 aromatic heterocycles. The second kappa shape index (κ2) is 7.05. The first-order valence-electron chi connectivity index (χ1n) is 7.81. The fourth-order valence-corrected chi connectivity index (χ4v) is 3.39. The van der Waals surface area contributed by atoms with Crippen LogP contribution in [-0.2, 0) is 6.54 Å². The van der Waals surface area contributed by atoms with E-state index in [1.807, 2.05) is 50.2 Å². The predicted octanol–water partition coefficient (Wildman–Crippen LogP) is 4.15. The minimum Gasteiger partial charge on any atom is -0.411 e. The van der Waals surface area contributed by atoms with E-state index in [1.165, 1.54) is 11.8 Å². The van der Waals surface area contributed by atoms with E-state index in [0.717, 1.165) is 29.1 Å². The van der Waals surface area contributed by atoms with Crippen LogP contribution in [0.25, 0.3) is 11.5 Å². The van der Waals surface area contributed by atoms with Crippen molar-refractivity contribution in [2.75, 3.05) is 5.75 Å². The van der Waals surface area contributed by atoms with Gasteiger partial charge in [0.25, 0.3) is 5.22 Å². The van der Waals surface area contributed by atoms with Gasteiger partial charge in [0.1, 0.15) is 0 Å². The molecule has 1 aromatic carbocycles. The number of ketones is 1. The number of carbonyl (C=O) groups excluding carboxylic acids is 1. The van der Waals surface area contributed by atoms with Gasteiger partial charge in [0, 0.05) is 29.1 Å². The molecule has 3 aromatic rings. The highest BCUT2D eigenvalue weighted by Gasteiger charge is 2.17. The zero-order chi connectivity index (χ0) is 17.1. The fourth-order valence-electron chi connectivity index (χ4n) is 2.74. The first-order valence-corrected chi connectivity index (χ1v) is 8.80. The maximum Gasteiger partial charge on any atom is 0.277 e. The molecule has 3 rings (SSSR count). The van der Waals surface area contributed by atoms with Crippen molar-refractivity contribution >= 4 is 17.5 Å². The lowest BCUT2D eigenvalue weighted by atomic mass is 10.2. The number of aromatic nitrogens is 3. The van der Waals surface area contributed by atoms with Crippen molar-refractivity contribution in [3.05, 3.63) is 53.3 Å². The van der Waals surface area contributed by atoms with Crippen LogP contribution in [-0.4, -0.2) is 26.3 Å². The van der Waals surface area contributed by atoms with Gasteiger partial charge >= 0.3 is 0 Å². The quantitative estimate of drug-likeness (QED) is 0.498. The largest absolute Gasteiger partial charge is 0.411 e. The second-order valence-corrected chi connectivity index (χ2v) is 6.41. The number of thioether (sulfide) groups is 1. The van der Waals surface area contributed by atoms with Crippen molar-refractivity contribution in [3.8, 4) is 11.5 Å². The standard InChI is InChI=1S/C18H19N3O2S/c1-4-21-12(2)10-15(13(21)3)16(22)11-24-18-20-19-17(23-18)14-8-6-5-7-9-14/h5-10H,4,11H2,1-3H3. The molecule has 0 aliphatic heterocycles. The maximum absolute atomic E-state index is 12.5. The molecule has 0 unspecified atom stereocenters. The number of aryl methyl sites for hydroxylation is 1. The summed E-state index contributed by atoms with van der Waals surface area (Å²) in [6, 6.07) is 11.5. The third kappa shape index (κ3) is 3.28. The summed E-state index contributed by atoms with van der Waals surface area (Å²) in [5.74, 6) is 0.826. The molecule has 0 aliphatic rings. The fraction of sp³-hybridized carbons (Fsp3) is 0.278. The summed E-state index contributed by atoms with van der Waals surface area (Å²) < 4.78 is 7.76. The lowest BCUT2D eigenvalue weighted by Crippen LogP contribution is -2.05. The predicted molar refractivity (Wildman–Crippen MR) is 94.4 cm³/mol. The van der Waals surface area contributed by atoms with E-state index in [2.05, 4.69) is 21.7 Å². The van der Waals surface area contributed by atoms with Crippen molar-refractivity contribution in [3.63, 3.8) is 0 Å². The number of hydrogen-bond acceptors (Lipinski definition) is 5. The number of nitrogens with zero attached hydrogens (tertiary/aromatic N) is 3. The van der Waals surface area contributed by atoms with Gasteiger partial charge in [0.15, 0.2) is 5.78 Å². The summed E-state index contributed by atoms with van der Waals surface area (Å²) in [4.78, 5) is 12.5. The van der Waals surface area contributed by atoms with Gasteiger partial charge in [0.2, 0.25) is 5.89 Å². The average molecular weight is 341 g/mol. The molecule has 0 fully saturated rings. The molecular weight excluding hydrogens is 322 g/mol. The lowest BCUT2D eigenvalue weighted by Gasteiger charge is -2.05. The van der Waals surface area contributed by atoms with Crippen LogP contribution in [0.5, 0.6) is 0 Å². The van der Waals surface area contributed by atoms with Gasteiger partial charge < -0.3 is 8.98 Å². The molecule has 0 bridgehead atoms. The molecule has 0 N–H and O–H groups in total. The van der Waals surface area contributed by atoms with E-state index in [4.69, 9.17) is 4.42 Å². The number of benzene rings is 1. The summed E-state index contributed by atoms with van der Waals surface area (Å²) in [5, 5.41) is 8.45. The van der Waals surface area contributed by atoms with Crippen LogP contribution in [0.2, 0.25) is 0 Å². The van der Waals surface area contributed by atoms with E-state index in [0.29, 0.717) is 11.1 Å². The van der Waals surface area contributed by atoms with Crippen LogP contribution in [0.1, 0.15) is 28.7 Å². The van der Waals surface area contributed by atoms with Gasteiger partial charge in [-0.3, -0.25) is 4.79 Å². The molecule has 0 amide bonds. The number of hydrogen-bond donors (Lipinski definition) is 0. The highest BCUT2D eigenvalue weighted by Crippen LogP contribution is 2.24. The van der Waals surface area contributed by atoms with Crippen molar-refractivity contribution < 1.29 is 9.21 Å². The van der Waals surface area contributed by atoms with Crippen molar-refractivity contribution in [2.45, 2.75) is 32.5 Å². The lowest BCUT2D eigenvalue weighted by molar-refractivity contribution is 0.102. The van der Waals surface area contributed by atoms with Crippen LogP contribution >= 0.6 is 11.8 Å². The van der Waals surface area contributed by atoms with Crippen molar-refractivity contribution in [2.24, 2.45) is 0 Å². The number of carbonyl (C=O) groups is 1. The van der Waals surface area contributed by atoms with Crippen LogP contribution in [0.4, 0.5) is 0 Å². The number of rotatable bonds is 6. The topological polar surface area (TPSA) is 60.9 Å². The van der Waals surface area contributed by atoms with E-state index >= 15 is 0 Å². The highest BCUT2D eigenvalue weighted by atomic mass is 32.2. The molecule has 0 saturated carbocycles. The smallest absolute Gasteiger partial charge is 0.277 e. The molecule has 24 heavy (non-hydrogen) atoms. The zero-order valence-electron chi connectivity index (χ0n) is 13.9. The van der Waals surface area contributed by atoms with Gasteiger partial charge in [-0.25, -0.2) is 0 Å². The minimum absolute atomic E-state index is 0.0762. The maximum atomic E-state index is 12.5. The molecule has 6 heteroatoms. The van der Waals surface area contributed by atoms with Crippen LogP contribution in [0, 0.1) is 13.8 Å². The average Bonchev–Trinajstić information content (AvgIpc) is 3.18. The molecule has 0 atom stereocenters. The monoisotopic (exact) mass is 341 g/mol. The molecule has 0 saturated heterocycles. The van der Waals surface area contributed by atoms with Gasteiger partial charge in [-0.15, -0.1) is 10.2 Å². The third-order valence-corrected chi connectivity index (χ3v) is 4.76. The van der Waals surface area contributed by atoms with Crippen molar-refractivity contribution in [1.82, 2.24) is 14.8 Å². The Morgan fingerprint density at radius 3 is 2.62 bits per heavy atom. The van der Waals surface area contributed by atoms with E-state index in [1.54, 1.807) is 0 Å². The SMILES string of the molecule is CCn1c(C)cc(C(=O)CSc2nnc(-c3ccccc3)o2)c1C. The van der Waals surface area contributed by atoms with Crippen LogP contribution < -0.4 is 0 Å².